The normalized spacial score (nSPS) is 20.7. The van der Waals surface area contributed by atoms with Gasteiger partial charge in [-0.3, -0.25) is 0 Å². The van der Waals surface area contributed by atoms with Gasteiger partial charge in [-0.2, -0.15) is 4.98 Å². The lowest BCUT2D eigenvalue weighted by Gasteiger charge is -2.22. The molecular weight excluding hydrogens is 270 g/mol. The minimum Gasteiger partial charge on any atom is -0.444 e. The maximum absolute atomic E-state index is 12.0. The summed E-state index contributed by atoms with van der Waals surface area (Å²) in [5, 5.41) is 6.97. The molecule has 0 radical (unpaired) electrons. The van der Waals surface area contributed by atoms with Gasteiger partial charge < -0.3 is 14.6 Å². The second-order valence-electron chi connectivity index (χ2n) is 7.08. The highest BCUT2D eigenvalue weighted by Crippen LogP contribution is 2.41. The van der Waals surface area contributed by atoms with E-state index in [2.05, 4.69) is 15.5 Å². The molecule has 0 bridgehead atoms. The highest BCUT2D eigenvalue weighted by molar-refractivity contribution is 5.68. The van der Waals surface area contributed by atoms with Crippen molar-refractivity contribution in [1.82, 2.24) is 15.5 Å². The molecule has 0 saturated heterocycles. The van der Waals surface area contributed by atoms with Gasteiger partial charge in [0.1, 0.15) is 5.60 Å². The Hall–Kier alpha value is -1.59. The van der Waals surface area contributed by atoms with Crippen molar-refractivity contribution in [1.29, 1.82) is 0 Å². The van der Waals surface area contributed by atoms with Gasteiger partial charge in [0, 0.05) is 5.92 Å². The number of nitrogens with one attached hydrogen (secondary N) is 1. The highest BCUT2D eigenvalue weighted by atomic mass is 16.6. The number of aromatic nitrogens is 2. The maximum Gasteiger partial charge on any atom is 0.408 e. The summed E-state index contributed by atoms with van der Waals surface area (Å²) in [6.45, 7) is 5.55. The van der Waals surface area contributed by atoms with Gasteiger partial charge in [0.15, 0.2) is 5.82 Å². The lowest BCUT2D eigenvalue weighted by Crippen LogP contribution is -2.36. The Morgan fingerprint density at radius 1 is 1.33 bits per heavy atom. The fourth-order valence-electron chi connectivity index (χ4n) is 2.45. The number of amides is 1. The summed E-state index contributed by atoms with van der Waals surface area (Å²) in [5.74, 6) is 2.11. The molecular formula is C15H23N3O3. The summed E-state index contributed by atoms with van der Waals surface area (Å²) in [6, 6.07) is -0.197. The van der Waals surface area contributed by atoms with Crippen LogP contribution >= 0.6 is 0 Å². The predicted octanol–water partition coefficient (Wildman–Crippen LogP) is 3.31. The van der Waals surface area contributed by atoms with Crippen molar-refractivity contribution < 1.29 is 14.1 Å². The SMILES string of the molecule is CC(C)(C)OC(=O)N[C@H](c1noc(C2CCC2)n1)C1CC1. The molecule has 6 heteroatoms. The van der Waals surface area contributed by atoms with Gasteiger partial charge in [0.05, 0.1) is 6.04 Å². The van der Waals surface area contributed by atoms with E-state index in [4.69, 9.17) is 9.26 Å². The number of hydrogen-bond donors (Lipinski definition) is 1. The van der Waals surface area contributed by atoms with Crippen molar-refractivity contribution in [2.45, 2.75) is 70.4 Å². The van der Waals surface area contributed by atoms with E-state index in [1.54, 1.807) is 0 Å². The molecule has 2 fully saturated rings. The molecule has 1 heterocycles. The van der Waals surface area contributed by atoms with Crippen LogP contribution < -0.4 is 5.32 Å². The number of alkyl carbamates (subject to hydrolysis) is 1. The van der Waals surface area contributed by atoms with E-state index in [0.717, 1.165) is 25.7 Å². The molecule has 1 aromatic heterocycles. The third kappa shape index (κ3) is 3.54. The molecule has 1 aromatic rings. The van der Waals surface area contributed by atoms with Gasteiger partial charge in [-0.1, -0.05) is 11.6 Å². The summed E-state index contributed by atoms with van der Waals surface area (Å²) in [6.07, 6.45) is 5.20. The molecule has 6 nitrogen and oxygen atoms in total. The van der Waals surface area contributed by atoms with E-state index in [1.807, 2.05) is 20.8 Å². The Kier molecular flexibility index (Phi) is 3.63. The van der Waals surface area contributed by atoms with Crippen LogP contribution in [-0.4, -0.2) is 21.8 Å². The molecule has 1 amide bonds. The molecule has 3 rings (SSSR count). The van der Waals surface area contributed by atoms with E-state index in [9.17, 15) is 4.79 Å². The zero-order valence-corrected chi connectivity index (χ0v) is 12.9. The molecule has 0 aliphatic heterocycles. The summed E-state index contributed by atoms with van der Waals surface area (Å²) >= 11 is 0. The van der Waals surface area contributed by atoms with E-state index in [0.29, 0.717) is 23.6 Å². The summed E-state index contributed by atoms with van der Waals surface area (Å²) in [4.78, 5) is 16.5. The fourth-order valence-corrected chi connectivity index (χ4v) is 2.45. The molecule has 2 aliphatic rings. The number of ether oxygens (including phenoxy) is 1. The van der Waals surface area contributed by atoms with Crippen LogP contribution in [0.3, 0.4) is 0 Å². The molecule has 21 heavy (non-hydrogen) atoms. The third-order valence-electron chi connectivity index (χ3n) is 3.96. The summed E-state index contributed by atoms with van der Waals surface area (Å²) < 4.78 is 10.7. The molecule has 0 unspecified atom stereocenters. The zero-order valence-electron chi connectivity index (χ0n) is 12.9. The first-order valence-electron chi connectivity index (χ1n) is 7.75. The monoisotopic (exact) mass is 293 g/mol. The Balaban J connectivity index is 1.66. The van der Waals surface area contributed by atoms with Gasteiger partial charge in [-0.05, 0) is 52.4 Å². The molecule has 1 atom stereocenters. The lowest BCUT2D eigenvalue weighted by molar-refractivity contribution is 0.0494. The summed E-state index contributed by atoms with van der Waals surface area (Å²) in [5.41, 5.74) is -0.507. The van der Waals surface area contributed by atoms with E-state index < -0.39 is 11.7 Å². The van der Waals surface area contributed by atoms with Crippen molar-refractivity contribution in [3.8, 4) is 0 Å². The van der Waals surface area contributed by atoms with Crippen molar-refractivity contribution in [3.63, 3.8) is 0 Å². The predicted molar refractivity (Wildman–Crippen MR) is 75.7 cm³/mol. The van der Waals surface area contributed by atoms with Crippen LogP contribution in [-0.2, 0) is 4.74 Å². The smallest absolute Gasteiger partial charge is 0.408 e. The van der Waals surface area contributed by atoms with Gasteiger partial charge in [0.25, 0.3) is 0 Å². The van der Waals surface area contributed by atoms with Crippen molar-refractivity contribution in [2.75, 3.05) is 0 Å². The van der Waals surface area contributed by atoms with Crippen molar-refractivity contribution in [2.24, 2.45) is 5.92 Å². The molecule has 1 N–H and O–H groups in total. The van der Waals surface area contributed by atoms with Crippen LogP contribution in [0.25, 0.3) is 0 Å². The first-order chi connectivity index (χ1) is 9.92. The molecule has 0 aromatic carbocycles. The fraction of sp³-hybridized carbons (Fsp3) is 0.800. The Labute approximate surface area is 124 Å². The van der Waals surface area contributed by atoms with Crippen LogP contribution in [0.2, 0.25) is 0 Å². The van der Waals surface area contributed by atoms with E-state index in [1.165, 1.54) is 6.42 Å². The Morgan fingerprint density at radius 3 is 2.57 bits per heavy atom. The van der Waals surface area contributed by atoms with Gasteiger partial charge >= 0.3 is 6.09 Å². The number of hydrogen-bond acceptors (Lipinski definition) is 5. The van der Waals surface area contributed by atoms with Crippen molar-refractivity contribution >= 4 is 6.09 Å². The average molecular weight is 293 g/mol. The van der Waals surface area contributed by atoms with Crippen LogP contribution in [0, 0.1) is 5.92 Å². The van der Waals surface area contributed by atoms with E-state index >= 15 is 0 Å². The maximum atomic E-state index is 12.0. The van der Waals surface area contributed by atoms with Crippen LogP contribution in [0.1, 0.15) is 76.6 Å². The van der Waals surface area contributed by atoms with Gasteiger partial charge in [-0.15, -0.1) is 0 Å². The minimum atomic E-state index is -0.507. The Bertz CT molecular complexity index is 512. The standard InChI is InChI=1S/C15H23N3O3/c1-15(2,3)20-14(19)16-11(9-7-8-9)12-17-13(21-18-12)10-5-4-6-10/h9-11H,4-8H2,1-3H3,(H,16,19)/t11-/m0/s1. The summed E-state index contributed by atoms with van der Waals surface area (Å²) in [7, 11) is 0. The second kappa shape index (κ2) is 5.31. The quantitative estimate of drug-likeness (QED) is 0.921. The molecule has 2 aliphatic carbocycles. The lowest BCUT2D eigenvalue weighted by atomic mass is 9.85. The first kappa shape index (κ1) is 14.4. The van der Waals surface area contributed by atoms with Crippen LogP contribution in [0.15, 0.2) is 4.52 Å². The highest BCUT2D eigenvalue weighted by Gasteiger charge is 2.38. The molecule has 116 valence electrons. The van der Waals surface area contributed by atoms with Crippen LogP contribution in [0.4, 0.5) is 4.79 Å². The largest absolute Gasteiger partial charge is 0.444 e. The van der Waals surface area contributed by atoms with Gasteiger partial charge in [-0.25, -0.2) is 4.79 Å². The number of carbonyl (C=O) groups excluding carboxylic acids is 1. The topological polar surface area (TPSA) is 77.2 Å². The third-order valence-corrected chi connectivity index (χ3v) is 3.96. The average Bonchev–Trinajstić information content (AvgIpc) is 3.02. The zero-order chi connectivity index (χ0) is 15.0. The minimum absolute atomic E-state index is 0.197. The van der Waals surface area contributed by atoms with Crippen LogP contribution in [0.5, 0.6) is 0 Å². The second-order valence-corrected chi connectivity index (χ2v) is 7.08. The molecule has 0 spiro atoms. The molecule has 2 saturated carbocycles. The Morgan fingerprint density at radius 2 is 2.05 bits per heavy atom. The number of rotatable bonds is 4. The number of carbonyl (C=O) groups is 1. The first-order valence-corrected chi connectivity index (χ1v) is 7.75. The van der Waals surface area contributed by atoms with E-state index in [-0.39, 0.29) is 6.04 Å². The number of nitrogens with zero attached hydrogens (tertiary/aromatic N) is 2. The van der Waals surface area contributed by atoms with Gasteiger partial charge in [0.2, 0.25) is 5.89 Å². The van der Waals surface area contributed by atoms with Crippen molar-refractivity contribution in [3.05, 3.63) is 11.7 Å².